The highest BCUT2D eigenvalue weighted by Crippen LogP contribution is 2.20. The molecule has 6 heteroatoms. The molecular weight excluding hydrogens is 312 g/mol. The zero-order valence-corrected chi connectivity index (χ0v) is 13.5. The second-order valence-electron chi connectivity index (χ2n) is 5.12. The van der Waals surface area contributed by atoms with Gasteiger partial charge in [0.25, 0.3) is 5.91 Å². The van der Waals surface area contributed by atoms with Crippen molar-refractivity contribution in [2.45, 2.75) is 30.4 Å². The highest BCUT2D eigenvalue weighted by Gasteiger charge is 2.17. The van der Waals surface area contributed by atoms with E-state index in [1.807, 2.05) is 13.0 Å². The van der Waals surface area contributed by atoms with Crippen LogP contribution in [0.3, 0.4) is 0 Å². The lowest BCUT2D eigenvalue weighted by Crippen LogP contribution is -2.33. The van der Waals surface area contributed by atoms with Gasteiger partial charge >= 0.3 is 0 Å². The molecule has 2 N–H and O–H groups in total. The van der Waals surface area contributed by atoms with E-state index in [-0.39, 0.29) is 11.9 Å². The number of rotatable bonds is 7. The lowest BCUT2D eigenvalue weighted by molar-refractivity contribution is 0.0903. The molecule has 0 aliphatic carbocycles. The van der Waals surface area contributed by atoms with Crippen molar-refractivity contribution in [3.63, 3.8) is 0 Å². The maximum absolute atomic E-state index is 12.3. The van der Waals surface area contributed by atoms with Gasteiger partial charge in [-0.3, -0.25) is 4.79 Å². The molecule has 2 atom stereocenters. The first-order valence-electron chi connectivity index (χ1n) is 7.22. The van der Waals surface area contributed by atoms with Gasteiger partial charge in [-0.2, -0.15) is 5.26 Å². The Morgan fingerprint density at radius 2 is 2.26 bits per heavy atom. The molecule has 2 rings (SSSR count). The molecule has 0 aliphatic rings. The number of nitriles is 1. The van der Waals surface area contributed by atoms with Crippen LogP contribution in [0.25, 0.3) is 0 Å². The van der Waals surface area contributed by atoms with Gasteiger partial charge in [0.15, 0.2) is 0 Å². The first-order valence-corrected chi connectivity index (χ1v) is 8.21. The first-order chi connectivity index (χ1) is 11.1. The van der Waals surface area contributed by atoms with Gasteiger partial charge in [-0.1, -0.05) is 6.07 Å². The number of nitrogens with zero attached hydrogens (tertiary/aromatic N) is 1. The van der Waals surface area contributed by atoms with E-state index in [0.717, 1.165) is 4.90 Å². The number of carbonyl (C=O) groups excluding carboxylic acids is 1. The lowest BCUT2D eigenvalue weighted by atomic mass is 10.1. The monoisotopic (exact) mass is 330 g/mol. The molecule has 0 saturated carbocycles. The third-order valence-corrected chi connectivity index (χ3v) is 4.09. The lowest BCUT2D eigenvalue weighted by Gasteiger charge is -2.17. The molecule has 0 aliphatic heterocycles. The fraction of sp³-hybridized carbons (Fsp3) is 0.294. The van der Waals surface area contributed by atoms with Gasteiger partial charge in [0.1, 0.15) is 11.9 Å². The van der Waals surface area contributed by atoms with Crippen molar-refractivity contribution in [3.8, 4) is 6.07 Å². The summed E-state index contributed by atoms with van der Waals surface area (Å²) in [5.74, 6) is 0.626. The van der Waals surface area contributed by atoms with Gasteiger partial charge < -0.3 is 14.8 Å². The van der Waals surface area contributed by atoms with Crippen LogP contribution in [0.2, 0.25) is 0 Å². The second kappa shape index (κ2) is 8.42. The Bertz CT molecular complexity index is 679. The van der Waals surface area contributed by atoms with E-state index in [9.17, 15) is 9.90 Å². The Morgan fingerprint density at radius 3 is 2.96 bits per heavy atom. The summed E-state index contributed by atoms with van der Waals surface area (Å²) in [6, 6.07) is 12.4. The quantitative estimate of drug-likeness (QED) is 0.762. The molecule has 5 nitrogen and oxygen atoms in total. The molecule has 23 heavy (non-hydrogen) atoms. The SMILES string of the molecule is CC(CC(O)c1ccco1)NC(=O)c1cccc(SCC#N)c1. The van der Waals surface area contributed by atoms with E-state index in [0.29, 0.717) is 23.5 Å². The average Bonchev–Trinajstić information content (AvgIpc) is 3.07. The molecule has 0 bridgehead atoms. The number of hydrogen-bond acceptors (Lipinski definition) is 5. The minimum atomic E-state index is -0.752. The molecule has 0 saturated heterocycles. The van der Waals surface area contributed by atoms with Gasteiger partial charge in [-0.25, -0.2) is 0 Å². The molecule has 0 radical (unpaired) electrons. The van der Waals surface area contributed by atoms with Gasteiger partial charge in [0.05, 0.1) is 18.1 Å². The van der Waals surface area contributed by atoms with Crippen LogP contribution < -0.4 is 5.32 Å². The average molecular weight is 330 g/mol. The van der Waals surface area contributed by atoms with E-state index in [1.165, 1.54) is 18.0 Å². The van der Waals surface area contributed by atoms with E-state index >= 15 is 0 Å². The predicted molar refractivity (Wildman–Crippen MR) is 88.0 cm³/mol. The Hall–Kier alpha value is -2.23. The molecular formula is C17H18N2O3S. The molecule has 1 heterocycles. The Balaban J connectivity index is 1.92. The molecule has 1 aromatic carbocycles. The summed E-state index contributed by atoms with van der Waals surface area (Å²) in [6.07, 6.45) is 1.12. The van der Waals surface area contributed by atoms with Crippen molar-refractivity contribution in [3.05, 3.63) is 54.0 Å². The fourth-order valence-corrected chi connectivity index (χ4v) is 2.76. The first kappa shape index (κ1) is 17.1. The molecule has 0 spiro atoms. The van der Waals surface area contributed by atoms with Gasteiger partial charge in [-0.05, 0) is 37.3 Å². The van der Waals surface area contributed by atoms with Crippen molar-refractivity contribution >= 4 is 17.7 Å². The predicted octanol–water partition coefficient (Wildman–Crippen LogP) is 3.14. The van der Waals surface area contributed by atoms with Crippen molar-refractivity contribution < 1.29 is 14.3 Å². The van der Waals surface area contributed by atoms with Crippen LogP contribution >= 0.6 is 11.8 Å². The number of hydrogen-bond donors (Lipinski definition) is 2. The number of amides is 1. The minimum Gasteiger partial charge on any atom is -0.467 e. The van der Waals surface area contributed by atoms with E-state index in [2.05, 4.69) is 11.4 Å². The normalized spacial score (nSPS) is 13.1. The number of benzene rings is 1. The maximum Gasteiger partial charge on any atom is 0.251 e. The van der Waals surface area contributed by atoms with Gasteiger partial charge in [-0.15, -0.1) is 11.8 Å². The maximum atomic E-state index is 12.3. The summed E-state index contributed by atoms with van der Waals surface area (Å²) in [7, 11) is 0. The summed E-state index contributed by atoms with van der Waals surface area (Å²) < 4.78 is 5.15. The topological polar surface area (TPSA) is 86.3 Å². The number of aliphatic hydroxyl groups is 1. The minimum absolute atomic E-state index is 0.205. The molecule has 0 fully saturated rings. The zero-order chi connectivity index (χ0) is 16.7. The number of nitrogens with one attached hydrogen (secondary N) is 1. The van der Waals surface area contributed by atoms with Crippen LogP contribution in [0.4, 0.5) is 0 Å². The number of carbonyl (C=O) groups is 1. The molecule has 1 amide bonds. The Labute approximate surface area is 139 Å². The van der Waals surface area contributed by atoms with E-state index < -0.39 is 6.10 Å². The molecule has 2 aromatic rings. The van der Waals surface area contributed by atoms with Crippen LogP contribution in [0.15, 0.2) is 52.0 Å². The van der Waals surface area contributed by atoms with Crippen LogP contribution in [0.1, 0.15) is 35.6 Å². The van der Waals surface area contributed by atoms with E-state index in [4.69, 9.17) is 9.68 Å². The standard InChI is InChI=1S/C17H18N2O3S/c1-12(10-15(20)16-6-3-8-22-16)19-17(21)13-4-2-5-14(11-13)23-9-7-18/h2-6,8,11-12,15,20H,9-10H2,1H3,(H,19,21). The zero-order valence-electron chi connectivity index (χ0n) is 12.7. The van der Waals surface area contributed by atoms with Crippen LogP contribution in [-0.4, -0.2) is 22.8 Å². The highest BCUT2D eigenvalue weighted by molar-refractivity contribution is 7.99. The number of furan rings is 1. The summed E-state index contributed by atoms with van der Waals surface area (Å²) >= 11 is 1.39. The van der Waals surface area contributed by atoms with Crippen molar-refractivity contribution in [1.82, 2.24) is 5.32 Å². The largest absolute Gasteiger partial charge is 0.467 e. The fourth-order valence-electron chi connectivity index (χ4n) is 2.14. The van der Waals surface area contributed by atoms with Crippen LogP contribution in [0.5, 0.6) is 0 Å². The van der Waals surface area contributed by atoms with E-state index in [1.54, 1.807) is 30.3 Å². The summed E-state index contributed by atoms with van der Waals surface area (Å²) in [5, 5.41) is 21.5. The summed E-state index contributed by atoms with van der Waals surface area (Å²) in [5.41, 5.74) is 0.535. The Kier molecular flexibility index (Phi) is 6.27. The third kappa shape index (κ3) is 5.16. The van der Waals surface area contributed by atoms with Crippen LogP contribution in [-0.2, 0) is 0 Å². The molecule has 2 unspecified atom stereocenters. The summed E-state index contributed by atoms with van der Waals surface area (Å²) in [4.78, 5) is 13.1. The number of thioether (sulfide) groups is 1. The smallest absolute Gasteiger partial charge is 0.251 e. The van der Waals surface area contributed by atoms with Crippen molar-refractivity contribution in [2.24, 2.45) is 0 Å². The molecule has 1 aromatic heterocycles. The van der Waals surface area contributed by atoms with Crippen molar-refractivity contribution in [1.29, 1.82) is 5.26 Å². The van der Waals surface area contributed by atoms with Crippen LogP contribution in [0, 0.1) is 11.3 Å². The Morgan fingerprint density at radius 1 is 1.43 bits per heavy atom. The third-order valence-electron chi connectivity index (χ3n) is 3.23. The highest BCUT2D eigenvalue weighted by atomic mass is 32.2. The second-order valence-corrected chi connectivity index (χ2v) is 6.16. The number of aliphatic hydroxyl groups excluding tert-OH is 1. The van der Waals surface area contributed by atoms with Crippen molar-refractivity contribution in [2.75, 3.05) is 5.75 Å². The van der Waals surface area contributed by atoms with Gasteiger partial charge in [0, 0.05) is 22.9 Å². The van der Waals surface area contributed by atoms with Gasteiger partial charge in [0.2, 0.25) is 0 Å². The summed E-state index contributed by atoms with van der Waals surface area (Å²) in [6.45, 7) is 1.83. The molecule has 120 valence electrons.